The standard InChI is InChI=1S/C16H20FN3O5S/c1-2-25-14-4-3-12(9-13(14)17)26(23,24)19-7-5-11(6-8-19)20-15(21)10-18-16(20)22/h3-4,9,11H,2,5-8,10H2,1H3,(H,18,22). The van der Waals surface area contributed by atoms with E-state index in [0.717, 1.165) is 6.07 Å². The normalized spacial score (nSPS) is 19.7. The zero-order chi connectivity index (χ0) is 18.9. The lowest BCUT2D eigenvalue weighted by atomic mass is 10.1. The maximum absolute atomic E-state index is 14.0. The molecule has 0 saturated carbocycles. The van der Waals surface area contributed by atoms with Gasteiger partial charge in [0.05, 0.1) is 18.0 Å². The first-order valence-corrected chi connectivity index (χ1v) is 9.81. The number of imide groups is 1. The summed E-state index contributed by atoms with van der Waals surface area (Å²) in [5.74, 6) is -1.03. The third-order valence-corrected chi connectivity index (χ3v) is 6.40. The highest BCUT2D eigenvalue weighted by molar-refractivity contribution is 7.89. The fourth-order valence-electron chi connectivity index (χ4n) is 3.21. The van der Waals surface area contributed by atoms with E-state index in [1.165, 1.54) is 21.3 Å². The molecule has 10 heteroatoms. The summed E-state index contributed by atoms with van der Waals surface area (Å²) in [6.45, 7) is 2.26. The Morgan fingerprint density at radius 3 is 2.50 bits per heavy atom. The Morgan fingerprint density at radius 2 is 1.96 bits per heavy atom. The predicted octanol–water partition coefficient (Wildman–Crippen LogP) is 0.929. The number of carbonyl (C=O) groups is 2. The molecule has 0 atom stereocenters. The van der Waals surface area contributed by atoms with Gasteiger partial charge in [0.1, 0.15) is 0 Å². The molecule has 0 radical (unpaired) electrons. The highest BCUT2D eigenvalue weighted by atomic mass is 32.2. The van der Waals surface area contributed by atoms with Crippen LogP contribution in [0.5, 0.6) is 5.75 Å². The number of benzene rings is 1. The predicted molar refractivity (Wildman–Crippen MR) is 89.6 cm³/mol. The van der Waals surface area contributed by atoms with Crippen molar-refractivity contribution in [3.8, 4) is 5.75 Å². The molecule has 26 heavy (non-hydrogen) atoms. The summed E-state index contributed by atoms with van der Waals surface area (Å²) >= 11 is 0. The maximum atomic E-state index is 14.0. The van der Waals surface area contributed by atoms with Gasteiger partial charge in [-0.15, -0.1) is 0 Å². The van der Waals surface area contributed by atoms with Crippen LogP contribution in [0.15, 0.2) is 23.1 Å². The van der Waals surface area contributed by atoms with Crippen LogP contribution in [0, 0.1) is 5.82 Å². The highest BCUT2D eigenvalue weighted by Crippen LogP contribution is 2.27. The van der Waals surface area contributed by atoms with E-state index in [0.29, 0.717) is 12.8 Å². The second-order valence-corrected chi connectivity index (χ2v) is 8.02. The van der Waals surface area contributed by atoms with Crippen molar-refractivity contribution < 1.29 is 27.1 Å². The van der Waals surface area contributed by atoms with Crippen molar-refractivity contribution in [2.45, 2.75) is 30.7 Å². The maximum Gasteiger partial charge on any atom is 0.324 e. The first-order valence-electron chi connectivity index (χ1n) is 8.37. The first-order chi connectivity index (χ1) is 12.3. The van der Waals surface area contributed by atoms with Gasteiger partial charge >= 0.3 is 6.03 Å². The minimum atomic E-state index is -3.86. The van der Waals surface area contributed by atoms with Crippen LogP contribution in [0.1, 0.15) is 19.8 Å². The van der Waals surface area contributed by atoms with Gasteiger partial charge in [0.15, 0.2) is 11.6 Å². The van der Waals surface area contributed by atoms with Crippen LogP contribution in [0.4, 0.5) is 9.18 Å². The van der Waals surface area contributed by atoms with Crippen molar-refractivity contribution in [1.82, 2.24) is 14.5 Å². The highest BCUT2D eigenvalue weighted by Gasteiger charge is 2.38. The molecule has 3 rings (SSSR count). The van der Waals surface area contributed by atoms with Crippen LogP contribution in [0.2, 0.25) is 0 Å². The number of piperidine rings is 1. The molecule has 2 saturated heterocycles. The molecule has 8 nitrogen and oxygen atoms in total. The number of hydrogen-bond donors (Lipinski definition) is 1. The lowest BCUT2D eigenvalue weighted by Crippen LogP contribution is -2.48. The van der Waals surface area contributed by atoms with E-state index >= 15 is 0 Å². The number of carbonyl (C=O) groups excluding carboxylic acids is 2. The second-order valence-electron chi connectivity index (χ2n) is 6.08. The molecular formula is C16H20FN3O5S. The van der Waals surface area contributed by atoms with Crippen LogP contribution in [0.3, 0.4) is 0 Å². The molecule has 2 heterocycles. The number of ether oxygens (including phenoxy) is 1. The van der Waals surface area contributed by atoms with E-state index in [2.05, 4.69) is 5.32 Å². The monoisotopic (exact) mass is 385 g/mol. The number of amides is 3. The third-order valence-electron chi connectivity index (χ3n) is 4.51. The number of sulfonamides is 1. The average molecular weight is 385 g/mol. The molecule has 142 valence electrons. The molecular weight excluding hydrogens is 365 g/mol. The van der Waals surface area contributed by atoms with Gasteiger partial charge in [-0.25, -0.2) is 17.6 Å². The molecule has 0 bridgehead atoms. The van der Waals surface area contributed by atoms with Crippen molar-refractivity contribution in [1.29, 1.82) is 0 Å². The molecule has 2 aliphatic heterocycles. The number of urea groups is 1. The van der Waals surface area contributed by atoms with Gasteiger partial charge in [0, 0.05) is 19.1 Å². The van der Waals surface area contributed by atoms with E-state index in [1.54, 1.807) is 6.92 Å². The molecule has 0 unspecified atom stereocenters. The Bertz CT molecular complexity index is 805. The molecule has 2 aliphatic rings. The van der Waals surface area contributed by atoms with E-state index in [1.807, 2.05) is 0 Å². The molecule has 1 N–H and O–H groups in total. The zero-order valence-electron chi connectivity index (χ0n) is 14.3. The van der Waals surface area contributed by atoms with Gasteiger partial charge < -0.3 is 10.1 Å². The van der Waals surface area contributed by atoms with Crippen LogP contribution in [-0.2, 0) is 14.8 Å². The summed E-state index contributed by atoms with van der Waals surface area (Å²) in [6.07, 6.45) is 0.690. The van der Waals surface area contributed by atoms with Crippen molar-refractivity contribution in [2.75, 3.05) is 26.2 Å². The van der Waals surface area contributed by atoms with E-state index < -0.39 is 21.9 Å². The number of nitrogens with zero attached hydrogens (tertiary/aromatic N) is 2. The molecule has 0 aliphatic carbocycles. The van der Waals surface area contributed by atoms with Gasteiger partial charge in [-0.2, -0.15) is 4.31 Å². The minimum absolute atomic E-state index is 0.00344. The van der Waals surface area contributed by atoms with Crippen molar-refractivity contribution in [2.24, 2.45) is 0 Å². The lowest BCUT2D eigenvalue weighted by molar-refractivity contribution is -0.127. The van der Waals surface area contributed by atoms with Crippen LogP contribution in [0.25, 0.3) is 0 Å². The van der Waals surface area contributed by atoms with Gasteiger partial charge in [0.2, 0.25) is 15.9 Å². The summed E-state index contributed by atoms with van der Waals surface area (Å²) in [5.41, 5.74) is 0. The van der Waals surface area contributed by atoms with Crippen LogP contribution < -0.4 is 10.1 Å². The largest absolute Gasteiger partial charge is 0.491 e. The summed E-state index contributed by atoms with van der Waals surface area (Å²) in [4.78, 5) is 24.5. The molecule has 1 aromatic carbocycles. The van der Waals surface area contributed by atoms with Crippen molar-refractivity contribution in [3.63, 3.8) is 0 Å². The number of hydrogen-bond acceptors (Lipinski definition) is 5. The fraction of sp³-hybridized carbons (Fsp3) is 0.500. The van der Waals surface area contributed by atoms with Gasteiger partial charge in [-0.1, -0.05) is 0 Å². The Hall–Kier alpha value is -2.20. The summed E-state index contributed by atoms with van der Waals surface area (Å²) in [7, 11) is -3.86. The summed E-state index contributed by atoms with van der Waals surface area (Å²) in [5, 5.41) is 2.46. The minimum Gasteiger partial charge on any atom is -0.491 e. The number of halogens is 1. The molecule has 0 aromatic heterocycles. The number of rotatable bonds is 5. The van der Waals surface area contributed by atoms with Crippen LogP contribution >= 0.6 is 0 Å². The summed E-state index contributed by atoms with van der Waals surface area (Å²) in [6, 6.07) is 2.79. The van der Waals surface area contributed by atoms with E-state index in [4.69, 9.17) is 4.74 Å². The lowest BCUT2D eigenvalue weighted by Gasteiger charge is -2.34. The first kappa shape index (κ1) is 18.6. The van der Waals surface area contributed by atoms with E-state index in [-0.39, 0.29) is 48.8 Å². The summed E-state index contributed by atoms with van der Waals surface area (Å²) < 4.78 is 45.8. The van der Waals surface area contributed by atoms with E-state index in [9.17, 15) is 22.4 Å². The smallest absolute Gasteiger partial charge is 0.324 e. The molecule has 2 fully saturated rings. The molecule has 3 amide bonds. The SMILES string of the molecule is CCOc1ccc(S(=O)(=O)N2CCC(N3C(=O)CNC3=O)CC2)cc1F. The molecule has 0 spiro atoms. The Labute approximate surface area is 151 Å². The Morgan fingerprint density at radius 1 is 1.27 bits per heavy atom. The topological polar surface area (TPSA) is 96.0 Å². The van der Waals surface area contributed by atoms with Gasteiger partial charge in [-0.05, 0) is 38.0 Å². The fourth-order valence-corrected chi connectivity index (χ4v) is 4.69. The Kier molecular flexibility index (Phi) is 5.15. The van der Waals surface area contributed by atoms with Gasteiger partial charge in [0.25, 0.3) is 0 Å². The Balaban J connectivity index is 1.71. The quantitative estimate of drug-likeness (QED) is 0.761. The molecule has 1 aromatic rings. The van der Waals surface area contributed by atoms with Crippen molar-refractivity contribution in [3.05, 3.63) is 24.0 Å². The third kappa shape index (κ3) is 3.38. The zero-order valence-corrected chi connectivity index (χ0v) is 15.1. The average Bonchev–Trinajstić information content (AvgIpc) is 2.95. The number of nitrogens with one attached hydrogen (secondary N) is 1. The van der Waals surface area contributed by atoms with Crippen molar-refractivity contribution >= 4 is 22.0 Å². The van der Waals surface area contributed by atoms with Crippen LogP contribution in [-0.4, -0.2) is 61.8 Å². The second kappa shape index (κ2) is 7.20. The van der Waals surface area contributed by atoms with Gasteiger partial charge in [-0.3, -0.25) is 9.69 Å².